The second-order valence-corrected chi connectivity index (χ2v) is 12.0. The number of quaternary nitrogens is 1. The van der Waals surface area contributed by atoms with Gasteiger partial charge in [0.15, 0.2) is 18.0 Å². The summed E-state index contributed by atoms with van der Waals surface area (Å²) in [5.74, 6) is -1.43. The van der Waals surface area contributed by atoms with Crippen LogP contribution in [0, 0.1) is 0 Å². The zero-order chi connectivity index (χ0) is 29.9. The number of carbonyl (C=O) groups is 2. The summed E-state index contributed by atoms with van der Waals surface area (Å²) in [4.78, 5) is 24.9. The summed E-state index contributed by atoms with van der Waals surface area (Å²) in [5.41, 5.74) is 1.73. The van der Waals surface area contributed by atoms with E-state index in [4.69, 9.17) is 25.9 Å². The van der Waals surface area contributed by atoms with Crippen molar-refractivity contribution in [1.82, 2.24) is 4.98 Å². The predicted molar refractivity (Wildman–Crippen MR) is 143 cm³/mol. The first-order valence-corrected chi connectivity index (χ1v) is 14.5. The number of aliphatic carboxylic acids is 2. The molecule has 12 nitrogen and oxygen atoms in total. The van der Waals surface area contributed by atoms with E-state index in [0.29, 0.717) is 44.2 Å². The number of oxazole rings is 1. The molecule has 0 fully saturated rings. The number of rotatable bonds is 14. The average Bonchev–Trinajstić information content (AvgIpc) is 3.23. The van der Waals surface area contributed by atoms with Crippen LogP contribution in [0.2, 0.25) is 5.02 Å². The molecule has 40 heavy (non-hydrogen) atoms. The minimum absolute atomic E-state index is 0.0694. The van der Waals surface area contributed by atoms with Gasteiger partial charge < -0.3 is 33.2 Å². The second-order valence-electron chi connectivity index (χ2n) is 10.1. The van der Waals surface area contributed by atoms with Crippen molar-refractivity contribution >= 4 is 44.8 Å². The fraction of sp³-hybridized carbons (Fsp3) is 0.462. The van der Waals surface area contributed by atoms with Gasteiger partial charge in [-0.05, 0) is 31.4 Å². The SMILES string of the molecule is C[N+](C)(C)CC(=O)[O-].O=C(O)CCCCC[n+]1ccc(-c2nc3ccc(OCCCS(=O)(=O)[O-])cc3o2)c(Cl)c1. The Hall–Kier alpha value is -3.26. The molecule has 0 unspecified atom stereocenters. The molecular weight excluding hydrogens is 566 g/mol. The molecule has 1 aromatic carbocycles. The fourth-order valence-corrected chi connectivity index (χ4v) is 4.23. The molecule has 0 aliphatic rings. The van der Waals surface area contributed by atoms with E-state index in [9.17, 15) is 27.7 Å². The summed E-state index contributed by atoms with van der Waals surface area (Å²) in [6.07, 6.45) is 6.24. The van der Waals surface area contributed by atoms with E-state index >= 15 is 0 Å². The first kappa shape index (κ1) is 32.9. The highest BCUT2D eigenvalue weighted by Crippen LogP contribution is 2.30. The van der Waals surface area contributed by atoms with Crippen LogP contribution < -0.4 is 14.4 Å². The quantitative estimate of drug-likeness (QED) is 0.125. The number of carbonyl (C=O) groups excluding carboxylic acids is 1. The van der Waals surface area contributed by atoms with E-state index in [1.54, 1.807) is 45.5 Å². The van der Waals surface area contributed by atoms with Crippen molar-refractivity contribution in [2.75, 3.05) is 40.0 Å². The molecule has 3 aromatic rings. The van der Waals surface area contributed by atoms with E-state index in [-0.39, 0.29) is 26.0 Å². The maximum atomic E-state index is 10.6. The molecule has 1 N–H and O–H groups in total. The minimum Gasteiger partial charge on any atom is -0.748 e. The summed E-state index contributed by atoms with van der Waals surface area (Å²) in [5, 5.41) is 19.0. The number of hydrogen-bond donors (Lipinski definition) is 1. The number of aryl methyl sites for hydroxylation is 1. The van der Waals surface area contributed by atoms with Crippen LogP contribution in [0.5, 0.6) is 5.75 Å². The Morgan fingerprint density at radius 2 is 1.88 bits per heavy atom. The van der Waals surface area contributed by atoms with Crippen molar-refractivity contribution in [2.45, 2.75) is 38.6 Å². The van der Waals surface area contributed by atoms with Crippen LogP contribution in [0.15, 0.2) is 41.1 Å². The van der Waals surface area contributed by atoms with Gasteiger partial charge in [-0.15, -0.1) is 0 Å². The molecule has 0 amide bonds. The topological polar surface area (TPSA) is 174 Å². The molecule has 0 radical (unpaired) electrons. The Labute approximate surface area is 238 Å². The largest absolute Gasteiger partial charge is 0.748 e. The Kier molecular flexibility index (Phi) is 12.3. The number of halogens is 1. The number of fused-ring (bicyclic) bond motifs is 1. The Morgan fingerprint density at radius 3 is 2.45 bits per heavy atom. The number of likely N-dealkylation sites (N-methyl/N-ethyl adjacent to an activating group) is 1. The van der Waals surface area contributed by atoms with Gasteiger partial charge in [0.1, 0.15) is 29.4 Å². The van der Waals surface area contributed by atoms with Crippen molar-refractivity contribution < 1.29 is 51.0 Å². The summed E-state index contributed by atoms with van der Waals surface area (Å²) in [7, 11) is 1.15. The van der Waals surface area contributed by atoms with Crippen LogP contribution in [0.4, 0.5) is 0 Å². The fourth-order valence-electron chi connectivity index (χ4n) is 3.49. The number of unbranched alkanes of at least 4 members (excludes halogenated alkanes) is 2. The van der Waals surface area contributed by atoms with Gasteiger partial charge in [0.25, 0.3) is 0 Å². The summed E-state index contributed by atoms with van der Waals surface area (Å²) >= 11 is 6.43. The number of pyridine rings is 1. The first-order valence-electron chi connectivity index (χ1n) is 12.5. The van der Waals surface area contributed by atoms with Crippen LogP contribution in [0.3, 0.4) is 0 Å². The number of carboxylic acid groups (broad SMARTS) is 2. The van der Waals surface area contributed by atoms with Gasteiger partial charge in [0.2, 0.25) is 5.89 Å². The van der Waals surface area contributed by atoms with Gasteiger partial charge in [0, 0.05) is 30.7 Å². The Balaban J connectivity index is 0.000000611. The van der Waals surface area contributed by atoms with Crippen molar-refractivity contribution in [2.24, 2.45) is 0 Å². The number of aromatic nitrogens is 2. The lowest BCUT2D eigenvalue weighted by Crippen LogP contribution is -2.45. The van der Waals surface area contributed by atoms with E-state index < -0.39 is 27.8 Å². The van der Waals surface area contributed by atoms with Gasteiger partial charge in [-0.1, -0.05) is 11.6 Å². The van der Waals surface area contributed by atoms with Gasteiger partial charge >= 0.3 is 5.97 Å². The van der Waals surface area contributed by atoms with E-state index in [1.165, 1.54) is 0 Å². The van der Waals surface area contributed by atoms with Gasteiger partial charge in [-0.2, -0.15) is 0 Å². The second kappa shape index (κ2) is 14.9. The number of nitrogens with zero attached hydrogens (tertiary/aromatic N) is 3. The van der Waals surface area contributed by atoms with E-state index in [0.717, 1.165) is 19.4 Å². The summed E-state index contributed by atoms with van der Waals surface area (Å²) in [6.45, 7) is 0.885. The molecule has 2 aromatic heterocycles. The molecule has 0 bridgehead atoms. The third kappa shape index (κ3) is 12.7. The molecule has 0 aliphatic carbocycles. The summed E-state index contributed by atoms with van der Waals surface area (Å²) < 4.78 is 45.6. The van der Waals surface area contributed by atoms with Crippen molar-refractivity contribution in [3.8, 4) is 17.2 Å². The molecule has 2 heterocycles. The van der Waals surface area contributed by atoms with Gasteiger partial charge in [-0.3, -0.25) is 4.79 Å². The van der Waals surface area contributed by atoms with Crippen molar-refractivity contribution in [1.29, 1.82) is 0 Å². The van der Waals surface area contributed by atoms with E-state index in [1.807, 2.05) is 16.8 Å². The number of hydrogen-bond acceptors (Lipinski definition) is 9. The monoisotopic (exact) mass is 599 g/mol. The molecule has 220 valence electrons. The molecular formula is C26H34ClN3O9S. The smallest absolute Gasteiger partial charge is 0.303 e. The maximum absolute atomic E-state index is 10.6. The normalized spacial score (nSPS) is 11.6. The number of ether oxygens (including phenoxy) is 1. The predicted octanol–water partition coefficient (Wildman–Crippen LogP) is 1.84. The van der Waals surface area contributed by atoms with Crippen LogP contribution >= 0.6 is 11.6 Å². The molecule has 0 spiro atoms. The summed E-state index contributed by atoms with van der Waals surface area (Å²) in [6, 6.07) is 6.86. The number of carboxylic acids is 2. The zero-order valence-corrected chi connectivity index (χ0v) is 24.2. The minimum atomic E-state index is -4.25. The molecule has 0 saturated heterocycles. The van der Waals surface area contributed by atoms with Gasteiger partial charge in [0.05, 0.1) is 49.4 Å². The highest BCUT2D eigenvalue weighted by atomic mass is 35.5. The van der Waals surface area contributed by atoms with Crippen molar-refractivity contribution in [3.05, 3.63) is 41.7 Å². The average molecular weight is 600 g/mol. The third-order valence-electron chi connectivity index (χ3n) is 5.28. The molecule has 0 saturated carbocycles. The van der Waals surface area contributed by atoms with Crippen LogP contribution in [-0.4, -0.2) is 79.5 Å². The van der Waals surface area contributed by atoms with Gasteiger partial charge in [-0.25, -0.2) is 18.0 Å². The van der Waals surface area contributed by atoms with Crippen LogP contribution in [0.1, 0.15) is 32.1 Å². The lowest BCUT2D eigenvalue weighted by molar-refractivity contribution is -0.864. The molecule has 0 aliphatic heterocycles. The highest BCUT2D eigenvalue weighted by molar-refractivity contribution is 7.85. The molecule has 3 rings (SSSR count). The van der Waals surface area contributed by atoms with Crippen molar-refractivity contribution in [3.63, 3.8) is 0 Å². The van der Waals surface area contributed by atoms with E-state index in [2.05, 4.69) is 4.98 Å². The Morgan fingerprint density at radius 1 is 1.15 bits per heavy atom. The van der Waals surface area contributed by atoms with Crippen LogP contribution in [0.25, 0.3) is 22.6 Å². The zero-order valence-electron chi connectivity index (χ0n) is 22.7. The lowest BCUT2D eigenvalue weighted by Gasteiger charge is -2.23. The molecule has 14 heteroatoms. The first-order chi connectivity index (χ1) is 18.6. The highest BCUT2D eigenvalue weighted by Gasteiger charge is 2.16. The van der Waals surface area contributed by atoms with Crippen LogP contribution in [-0.2, 0) is 26.3 Å². The third-order valence-corrected chi connectivity index (χ3v) is 6.37. The molecule has 0 atom stereocenters. The number of benzene rings is 1. The maximum Gasteiger partial charge on any atom is 0.303 e. The lowest BCUT2D eigenvalue weighted by atomic mass is 10.2. The Bertz CT molecular complexity index is 1400. The standard InChI is InChI=1S/C21H23ClN2O7S.C5H11NO2/c22-17-14-24(9-3-1-2-5-20(25)26)10-8-16(17)21-23-18-7-6-15(13-19(18)31-21)30-11-4-12-32(27,28)29;1-6(2,3)4-5(7)8/h6-8,10,13-14H,1-5,9,11-12H2,(H-,25,26,27,28,29);4H2,1-3H3.